The fourth-order valence-corrected chi connectivity index (χ4v) is 0.381. The molecule has 8 heavy (non-hydrogen) atoms. The Balaban J connectivity index is 3.24. The molecule has 5 heteroatoms. The lowest BCUT2D eigenvalue weighted by molar-refractivity contribution is -0.220. The maximum Gasteiger partial charge on any atom is 0.249 e. The lowest BCUT2D eigenvalue weighted by Crippen LogP contribution is -2.23. The minimum Gasteiger partial charge on any atom is -0.216 e. The molecule has 0 radical (unpaired) electrons. The van der Waals surface area contributed by atoms with Crippen LogP contribution in [0.5, 0.6) is 0 Å². The van der Waals surface area contributed by atoms with Gasteiger partial charge in [-0.3, -0.25) is 0 Å². The fourth-order valence-electron chi connectivity index (χ4n) is 0.127. The monoisotopic (exact) mass is 135 g/mol. The van der Waals surface area contributed by atoms with Crippen molar-refractivity contribution >= 4 is 8.32 Å². The van der Waals surface area contributed by atoms with Crippen molar-refractivity contribution in [1.82, 2.24) is 0 Å². The molecule has 0 rings (SSSR count). The Labute approximate surface area is 48.8 Å². The Hall–Kier alpha value is -0.423. The van der Waals surface area contributed by atoms with E-state index in [2.05, 4.69) is 14.9 Å². The fraction of sp³-hybridized carbons (Fsp3) is 1.00. The second kappa shape index (κ2) is 2.78. The second-order valence-electron chi connectivity index (χ2n) is 2.34. The van der Waals surface area contributed by atoms with Crippen LogP contribution in [0, 0.1) is 4.91 Å². The first-order valence-corrected chi connectivity index (χ1v) is 5.64. The van der Waals surface area contributed by atoms with Crippen LogP contribution in [-0.4, -0.2) is 8.32 Å². The zero-order valence-corrected chi connectivity index (χ0v) is 6.17. The summed E-state index contributed by atoms with van der Waals surface area (Å²) in [4.78, 5) is 13.1. The summed E-state index contributed by atoms with van der Waals surface area (Å²) >= 11 is 0. The molecular weight excluding hydrogens is 126 g/mol. The molecule has 0 atom stereocenters. The van der Waals surface area contributed by atoms with Gasteiger partial charge in [-0.2, -0.15) is 4.99 Å². The zero-order chi connectivity index (χ0) is 6.62. The molecule has 0 saturated carbocycles. The van der Waals surface area contributed by atoms with Crippen LogP contribution in [0.25, 0.3) is 0 Å². The van der Waals surface area contributed by atoms with Crippen molar-refractivity contribution in [2.75, 3.05) is 0 Å². The van der Waals surface area contributed by atoms with Gasteiger partial charge in [-0.25, -0.2) is 4.58 Å². The van der Waals surface area contributed by atoms with Crippen molar-refractivity contribution in [1.29, 1.82) is 0 Å². The van der Waals surface area contributed by atoms with E-state index < -0.39 is 8.32 Å². The van der Waals surface area contributed by atoms with Crippen molar-refractivity contribution in [2.24, 2.45) is 5.34 Å². The van der Waals surface area contributed by atoms with Gasteiger partial charge in [0, 0.05) is 0 Å². The summed E-state index contributed by atoms with van der Waals surface area (Å²) in [5, 5.41) is 2.08. The van der Waals surface area contributed by atoms with Crippen LogP contribution >= 0.6 is 0 Å². The van der Waals surface area contributed by atoms with Crippen LogP contribution < -0.4 is 0 Å². The highest BCUT2D eigenvalue weighted by Crippen LogP contribution is 2.01. The predicted octanol–water partition coefficient (Wildman–Crippen LogP) is 1.45. The van der Waals surface area contributed by atoms with Gasteiger partial charge in [0.15, 0.2) is 5.34 Å². The van der Waals surface area contributed by atoms with Gasteiger partial charge in [0.05, 0.1) is 0 Å². The van der Waals surface area contributed by atoms with E-state index in [-0.39, 0.29) is 0 Å². The van der Waals surface area contributed by atoms with Crippen LogP contribution in [0.15, 0.2) is 5.34 Å². The molecule has 0 fully saturated rings. The van der Waals surface area contributed by atoms with Crippen molar-refractivity contribution in [2.45, 2.75) is 19.6 Å². The van der Waals surface area contributed by atoms with Gasteiger partial charge in [-0.1, -0.05) is 0 Å². The summed E-state index contributed by atoms with van der Waals surface area (Å²) in [6.45, 7) is 5.66. The quantitative estimate of drug-likeness (QED) is 0.255. The molecule has 0 aliphatic carbocycles. The summed E-state index contributed by atoms with van der Waals surface area (Å²) in [5.41, 5.74) is 0. The topological polar surface area (TPSA) is 47.9 Å². The average Bonchev–Trinajstić information content (AvgIpc) is 1.59. The molecule has 0 spiro atoms. The summed E-state index contributed by atoms with van der Waals surface area (Å²) in [6, 6.07) is 0. The first-order valence-electron chi connectivity index (χ1n) is 2.24. The van der Waals surface area contributed by atoms with Crippen LogP contribution in [0.3, 0.4) is 0 Å². The van der Waals surface area contributed by atoms with E-state index in [1.807, 2.05) is 19.6 Å². The van der Waals surface area contributed by atoms with Gasteiger partial charge < -0.3 is 0 Å². The molecule has 0 unspecified atom stereocenters. The van der Waals surface area contributed by atoms with Crippen LogP contribution in [0.4, 0.5) is 0 Å². The van der Waals surface area contributed by atoms with E-state index in [1.54, 1.807) is 0 Å². The maximum atomic E-state index is 9.28. The highest BCUT2D eigenvalue weighted by molar-refractivity contribution is 6.69. The molecule has 0 amide bonds. The number of nitrogens with zero attached hydrogens (tertiary/aromatic N) is 1. The molecule has 0 N–H and O–H groups in total. The van der Waals surface area contributed by atoms with Crippen molar-refractivity contribution in [3.8, 4) is 0 Å². The molecule has 0 saturated heterocycles. The smallest absolute Gasteiger partial charge is 0.216 e. The molecule has 4 nitrogen and oxygen atoms in total. The molecule has 0 aromatic rings. The SMILES string of the molecule is C[Si](C)(C)OON=O. The third-order valence-electron chi connectivity index (χ3n) is 0.318. The Kier molecular flexibility index (Phi) is 2.63. The summed E-state index contributed by atoms with van der Waals surface area (Å²) < 4.78 is 4.54. The molecule has 0 aliphatic rings. The Morgan fingerprint density at radius 3 is 2.00 bits per heavy atom. The van der Waals surface area contributed by atoms with Crippen molar-refractivity contribution in [3.63, 3.8) is 0 Å². The van der Waals surface area contributed by atoms with Crippen molar-refractivity contribution < 1.29 is 9.57 Å². The largest absolute Gasteiger partial charge is 0.249 e. The van der Waals surface area contributed by atoms with Gasteiger partial charge in [0.25, 0.3) is 0 Å². The minimum absolute atomic E-state index is 1.69. The molecular formula is C3H9NO3Si. The number of hydrogen-bond acceptors (Lipinski definition) is 4. The lowest BCUT2D eigenvalue weighted by atomic mass is 11.8. The summed E-state index contributed by atoms with van der Waals surface area (Å²) in [7, 11) is -1.69. The third-order valence-corrected chi connectivity index (χ3v) is 0.892. The first-order chi connectivity index (χ1) is 3.56. The predicted molar refractivity (Wildman–Crippen MR) is 31.3 cm³/mol. The highest BCUT2D eigenvalue weighted by Gasteiger charge is 2.16. The molecule has 48 valence electrons. The number of hydrogen-bond donors (Lipinski definition) is 0. The van der Waals surface area contributed by atoms with Gasteiger partial charge in [-0.15, -0.1) is 4.91 Å². The Bertz CT molecular complexity index is 79.1. The van der Waals surface area contributed by atoms with E-state index in [0.29, 0.717) is 0 Å². The number of rotatable bonds is 3. The normalized spacial score (nSPS) is 10.9. The molecule has 0 aromatic heterocycles. The van der Waals surface area contributed by atoms with Gasteiger partial charge >= 0.3 is 0 Å². The first kappa shape index (κ1) is 7.58. The average molecular weight is 135 g/mol. The van der Waals surface area contributed by atoms with Crippen LogP contribution in [0.2, 0.25) is 19.6 Å². The molecule has 0 aromatic carbocycles. The minimum atomic E-state index is -1.69. The van der Waals surface area contributed by atoms with Gasteiger partial charge in [0.2, 0.25) is 8.32 Å². The van der Waals surface area contributed by atoms with E-state index in [9.17, 15) is 4.91 Å². The molecule has 0 bridgehead atoms. The van der Waals surface area contributed by atoms with E-state index >= 15 is 0 Å². The van der Waals surface area contributed by atoms with Gasteiger partial charge in [0.1, 0.15) is 0 Å². The molecule has 0 aliphatic heterocycles. The maximum absolute atomic E-state index is 9.28. The standard InChI is InChI=1S/C3H9NO3Si/c1-8(2,3)7-6-4-5/h1-3H3. The van der Waals surface area contributed by atoms with Crippen LogP contribution in [-0.2, 0) is 9.57 Å². The third kappa shape index (κ3) is 5.58. The Morgan fingerprint density at radius 2 is 1.88 bits per heavy atom. The highest BCUT2D eigenvalue weighted by atomic mass is 28.4. The van der Waals surface area contributed by atoms with E-state index in [1.165, 1.54) is 0 Å². The Morgan fingerprint density at radius 1 is 1.38 bits per heavy atom. The summed E-state index contributed by atoms with van der Waals surface area (Å²) in [6.07, 6.45) is 0. The second-order valence-corrected chi connectivity index (χ2v) is 6.74. The van der Waals surface area contributed by atoms with Gasteiger partial charge in [-0.05, 0) is 19.6 Å². The van der Waals surface area contributed by atoms with Crippen LogP contribution in [0.1, 0.15) is 0 Å². The van der Waals surface area contributed by atoms with Crippen molar-refractivity contribution in [3.05, 3.63) is 4.91 Å². The molecule has 0 heterocycles. The summed E-state index contributed by atoms with van der Waals surface area (Å²) in [5.74, 6) is 0. The van der Waals surface area contributed by atoms with E-state index in [4.69, 9.17) is 0 Å². The zero-order valence-electron chi connectivity index (χ0n) is 5.17. The lowest BCUT2D eigenvalue weighted by Gasteiger charge is -2.08. The van der Waals surface area contributed by atoms with E-state index in [0.717, 1.165) is 0 Å².